The molecule has 0 radical (unpaired) electrons. The number of nitrogens with two attached hydrogens (primary N) is 1. The summed E-state index contributed by atoms with van der Waals surface area (Å²) in [4.78, 5) is 23.6. The van der Waals surface area contributed by atoms with Crippen LogP contribution in [0.15, 0.2) is 42.5 Å². The molecule has 0 saturated heterocycles. The summed E-state index contributed by atoms with van der Waals surface area (Å²) in [6.45, 7) is 3.58. The van der Waals surface area contributed by atoms with Crippen LogP contribution in [0.3, 0.4) is 0 Å². The molecule has 2 atom stereocenters. The molecule has 4 nitrogen and oxygen atoms in total. The molecule has 138 valence electrons. The van der Waals surface area contributed by atoms with Gasteiger partial charge in [-0.15, -0.1) is 0 Å². The fourth-order valence-electron chi connectivity index (χ4n) is 2.91. The molecule has 3 N–H and O–H groups in total. The summed E-state index contributed by atoms with van der Waals surface area (Å²) < 4.78 is 29.3. The molecule has 0 aliphatic carbocycles. The van der Waals surface area contributed by atoms with E-state index < -0.39 is 34.9 Å². The number of carbonyl (C=O) groups is 2. The number of carbonyl (C=O) groups excluding carboxylic acids is 2. The molecule has 6 heteroatoms. The minimum atomic E-state index is -0.903. The molecule has 0 aromatic heterocycles. The maximum Gasteiger partial charge on any atom is 0.218 e. The molecule has 1 amide bonds. The van der Waals surface area contributed by atoms with Crippen molar-refractivity contribution in [2.75, 3.05) is 0 Å². The number of ketones is 1. The highest BCUT2D eigenvalue weighted by Crippen LogP contribution is 2.27. The maximum absolute atomic E-state index is 15.0. The van der Waals surface area contributed by atoms with Gasteiger partial charge < -0.3 is 11.1 Å². The van der Waals surface area contributed by atoms with Gasteiger partial charge in [-0.05, 0) is 19.4 Å². The topological polar surface area (TPSA) is 72.2 Å². The Balaban J connectivity index is 2.38. The summed E-state index contributed by atoms with van der Waals surface area (Å²) in [5, 5.41) is 3.11. The van der Waals surface area contributed by atoms with Gasteiger partial charge in [0.1, 0.15) is 11.6 Å². The van der Waals surface area contributed by atoms with Crippen LogP contribution in [-0.4, -0.2) is 17.7 Å². The van der Waals surface area contributed by atoms with E-state index in [4.69, 9.17) is 5.73 Å². The number of hydrogen-bond donors (Lipinski definition) is 2. The number of primary amides is 1. The first kappa shape index (κ1) is 19.7. The van der Waals surface area contributed by atoms with Crippen molar-refractivity contribution in [1.29, 1.82) is 0 Å². The number of nitrogens with one attached hydrogen (secondary N) is 1. The van der Waals surface area contributed by atoms with Gasteiger partial charge in [-0.3, -0.25) is 9.59 Å². The van der Waals surface area contributed by atoms with Gasteiger partial charge in [0, 0.05) is 29.6 Å². The Morgan fingerprint density at radius 3 is 2.35 bits per heavy atom. The first-order valence-electron chi connectivity index (χ1n) is 8.47. The van der Waals surface area contributed by atoms with Crippen LogP contribution in [0.25, 0.3) is 0 Å². The molecule has 26 heavy (non-hydrogen) atoms. The lowest BCUT2D eigenvalue weighted by atomic mass is 9.95. The summed E-state index contributed by atoms with van der Waals surface area (Å²) in [5.41, 5.74) is 5.01. The van der Waals surface area contributed by atoms with E-state index in [9.17, 15) is 14.0 Å². The summed E-state index contributed by atoms with van der Waals surface area (Å²) in [6, 6.07) is 9.67. The molecule has 0 heterocycles. The number of benzene rings is 2. The fourth-order valence-corrected chi connectivity index (χ4v) is 2.91. The highest BCUT2D eigenvalue weighted by atomic mass is 19.1. The standard InChI is InChI=1S/C20H22F2N2O2/c1-3-16(24-12(2)11-17(23)25)14-9-10-15(21)18(19(14)22)20(26)13-7-5-4-6-8-13/h4-10,12,16,24H,3,11H2,1-2H3,(H2,23,25)/t12-,16+/m0/s1. The third kappa shape index (κ3) is 4.52. The Morgan fingerprint density at radius 1 is 1.12 bits per heavy atom. The van der Waals surface area contributed by atoms with Gasteiger partial charge in [-0.1, -0.05) is 43.3 Å². The van der Waals surface area contributed by atoms with Gasteiger partial charge in [0.2, 0.25) is 5.91 Å². The molecule has 2 rings (SSSR count). The molecule has 0 bridgehead atoms. The van der Waals surface area contributed by atoms with E-state index in [-0.39, 0.29) is 23.6 Å². The Kier molecular flexibility index (Phi) is 6.58. The zero-order valence-electron chi connectivity index (χ0n) is 14.8. The molecule has 0 saturated carbocycles. The van der Waals surface area contributed by atoms with E-state index in [1.165, 1.54) is 18.2 Å². The summed E-state index contributed by atoms with van der Waals surface area (Å²) in [6.07, 6.45) is 0.583. The van der Waals surface area contributed by atoms with E-state index >= 15 is 4.39 Å². The van der Waals surface area contributed by atoms with Crippen molar-refractivity contribution in [1.82, 2.24) is 5.32 Å². The quantitative estimate of drug-likeness (QED) is 0.708. The van der Waals surface area contributed by atoms with Crippen LogP contribution >= 0.6 is 0 Å². The van der Waals surface area contributed by atoms with Gasteiger partial charge in [0.15, 0.2) is 5.78 Å². The molecular weight excluding hydrogens is 338 g/mol. The Hall–Kier alpha value is -2.60. The molecular formula is C20H22F2N2O2. The first-order chi connectivity index (χ1) is 12.3. The van der Waals surface area contributed by atoms with E-state index in [0.717, 1.165) is 6.07 Å². The first-order valence-corrected chi connectivity index (χ1v) is 8.47. The normalized spacial score (nSPS) is 13.2. The molecule has 0 fully saturated rings. The Morgan fingerprint density at radius 2 is 1.77 bits per heavy atom. The zero-order valence-corrected chi connectivity index (χ0v) is 14.8. The lowest BCUT2D eigenvalue weighted by molar-refractivity contribution is -0.118. The van der Waals surface area contributed by atoms with Crippen LogP contribution in [0.4, 0.5) is 8.78 Å². The SMILES string of the molecule is CC[C@@H](N[C@@H](C)CC(N)=O)c1ccc(F)c(C(=O)c2ccccc2)c1F. The van der Waals surface area contributed by atoms with Crippen molar-refractivity contribution < 1.29 is 18.4 Å². The highest BCUT2D eigenvalue weighted by Gasteiger charge is 2.25. The van der Waals surface area contributed by atoms with Crippen molar-refractivity contribution in [2.24, 2.45) is 5.73 Å². The summed E-state index contributed by atoms with van der Waals surface area (Å²) >= 11 is 0. The maximum atomic E-state index is 15.0. The smallest absolute Gasteiger partial charge is 0.218 e. The third-order valence-electron chi connectivity index (χ3n) is 4.16. The lowest BCUT2D eigenvalue weighted by Crippen LogP contribution is -2.34. The van der Waals surface area contributed by atoms with Gasteiger partial charge in [-0.25, -0.2) is 8.78 Å². The number of amides is 1. The molecule has 0 aliphatic heterocycles. The van der Waals surface area contributed by atoms with Crippen LogP contribution in [0, 0.1) is 11.6 Å². The number of rotatable bonds is 8. The van der Waals surface area contributed by atoms with E-state index in [1.54, 1.807) is 25.1 Å². The predicted molar refractivity (Wildman–Crippen MR) is 95.7 cm³/mol. The highest BCUT2D eigenvalue weighted by molar-refractivity contribution is 6.09. The van der Waals surface area contributed by atoms with Crippen LogP contribution in [0.1, 0.15) is 54.2 Å². The zero-order chi connectivity index (χ0) is 19.3. The third-order valence-corrected chi connectivity index (χ3v) is 4.16. The number of hydrogen-bond acceptors (Lipinski definition) is 3. The van der Waals surface area contributed by atoms with Crippen LogP contribution < -0.4 is 11.1 Å². The van der Waals surface area contributed by atoms with Gasteiger partial charge in [0.05, 0.1) is 5.56 Å². The van der Waals surface area contributed by atoms with Crippen LogP contribution in [0.2, 0.25) is 0 Å². The molecule has 0 aliphatic rings. The second-order valence-corrected chi connectivity index (χ2v) is 6.22. The fraction of sp³-hybridized carbons (Fsp3) is 0.300. The molecule has 0 spiro atoms. The van der Waals surface area contributed by atoms with Crippen molar-refractivity contribution in [3.05, 3.63) is 70.8 Å². The van der Waals surface area contributed by atoms with Crippen molar-refractivity contribution in [3.63, 3.8) is 0 Å². The van der Waals surface area contributed by atoms with Gasteiger partial charge in [0.25, 0.3) is 0 Å². The Bertz CT molecular complexity index is 794. The van der Waals surface area contributed by atoms with Crippen molar-refractivity contribution in [2.45, 2.75) is 38.8 Å². The Labute approximate surface area is 151 Å². The second kappa shape index (κ2) is 8.67. The van der Waals surface area contributed by atoms with E-state index in [1.807, 2.05) is 6.92 Å². The largest absolute Gasteiger partial charge is 0.370 e. The van der Waals surface area contributed by atoms with Crippen LogP contribution in [0.5, 0.6) is 0 Å². The van der Waals surface area contributed by atoms with Crippen LogP contribution in [-0.2, 0) is 4.79 Å². The molecule has 2 aromatic carbocycles. The van der Waals surface area contributed by atoms with Gasteiger partial charge >= 0.3 is 0 Å². The van der Waals surface area contributed by atoms with Crippen molar-refractivity contribution >= 4 is 11.7 Å². The van der Waals surface area contributed by atoms with E-state index in [2.05, 4.69) is 5.32 Å². The minimum absolute atomic E-state index is 0.0924. The lowest BCUT2D eigenvalue weighted by Gasteiger charge is -2.23. The molecule has 2 aromatic rings. The monoisotopic (exact) mass is 360 g/mol. The minimum Gasteiger partial charge on any atom is -0.370 e. The molecule has 0 unspecified atom stereocenters. The summed E-state index contributed by atoms with van der Waals surface area (Å²) in [7, 11) is 0. The summed E-state index contributed by atoms with van der Waals surface area (Å²) in [5.74, 6) is -2.97. The average Bonchev–Trinajstić information content (AvgIpc) is 2.60. The second-order valence-electron chi connectivity index (χ2n) is 6.22. The van der Waals surface area contributed by atoms with Gasteiger partial charge in [-0.2, -0.15) is 0 Å². The predicted octanol–water partition coefficient (Wildman–Crippen LogP) is 3.50. The van der Waals surface area contributed by atoms with E-state index in [0.29, 0.717) is 6.42 Å². The number of halogens is 2. The average molecular weight is 360 g/mol. The van der Waals surface area contributed by atoms with Crippen molar-refractivity contribution in [3.8, 4) is 0 Å².